The topological polar surface area (TPSA) is 135 Å². The molecule has 32 heavy (non-hydrogen) atoms. The molecule has 0 atom stereocenters. The largest absolute Gasteiger partial charge is 0.496 e. The SMILES string of the molecule is CCCCNc1nc(N=[N+]=[N-])nc2cn(Cc3c(OC)cc(CNC)cc3OC)nc12.Cl. The molecular formula is C20H28ClN9O2. The zero-order valence-electron chi connectivity index (χ0n) is 18.6. The Morgan fingerprint density at radius 2 is 1.91 bits per heavy atom. The molecule has 0 aliphatic carbocycles. The molecule has 0 bridgehead atoms. The number of fused-ring (bicyclic) bond motifs is 1. The number of hydrogen-bond acceptors (Lipinski definition) is 8. The van der Waals surface area contributed by atoms with Crippen molar-refractivity contribution in [2.75, 3.05) is 33.1 Å². The van der Waals surface area contributed by atoms with E-state index in [4.69, 9.17) is 15.0 Å². The van der Waals surface area contributed by atoms with Gasteiger partial charge in [0.25, 0.3) is 0 Å². The zero-order chi connectivity index (χ0) is 22.2. The summed E-state index contributed by atoms with van der Waals surface area (Å²) in [5, 5.41) is 14.6. The van der Waals surface area contributed by atoms with E-state index in [0.717, 1.165) is 30.5 Å². The first-order valence-electron chi connectivity index (χ1n) is 10.1. The Bertz CT molecular complexity index is 1070. The molecule has 3 aromatic rings. The summed E-state index contributed by atoms with van der Waals surface area (Å²) >= 11 is 0. The number of aromatic nitrogens is 4. The molecule has 0 amide bonds. The summed E-state index contributed by atoms with van der Waals surface area (Å²) in [6, 6.07) is 3.96. The van der Waals surface area contributed by atoms with Crippen LogP contribution < -0.4 is 20.1 Å². The Kier molecular flexibility index (Phi) is 9.33. The fraction of sp³-hybridized carbons (Fsp3) is 0.450. The van der Waals surface area contributed by atoms with Crippen molar-refractivity contribution in [1.82, 2.24) is 25.1 Å². The van der Waals surface area contributed by atoms with E-state index in [0.29, 0.717) is 41.4 Å². The molecular weight excluding hydrogens is 434 g/mol. The predicted octanol–water partition coefficient (Wildman–Crippen LogP) is 4.19. The van der Waals surface area contributed by atoms with E-state index in [1.807, 2.05) is 19.2 Å². The van der Waals surface area contributed by atoms with Gasteiger partial charge in [0.15, 0.2) is 11.3 Å². The molecule has 1 aromatic carbocycles. The van der Waals surface area contributed by atoms with Crippen molar-refractivity contribution in [2.24, 2.45) is 5.11 Å². The van der Waals surface area contributed by atoms with Crippen LogP contribution in [0.15, 0.2) is 23.4 Å². The van der Waals surface area contributed by atoms with Crippen LogP contribution in [0.2, 0.25) is 0 Å². The smallest absolute Gasteiger partial charge is 0.219 e. The molecule has 2 N–H and O–H groups in total. The minimum Gasteiger partial charge on any atom is -0.496 e. The Morgan fingerprint density at radius 3 is 2.50 bits per heavy atom. The summed E-state index contributed by atoms with van der Waals surface area (Å²) in [6.07, 6.45) is 3.82. The molecule has 3 rings (SSSR count). The fourth-order valence-electron chi connectivity index (χ4n) is 3.28. The summed E-state index contributed by atoms with van der Waals surface area (Å²) in [5.74, 6) is 2.03. The normalized spacial score (nSPS) is 10.4. The fourth-order valence-corrected chi connectivity index (χ4v) is 3.28. The number of hydrogen-bond donors (Lipinski definition) is 2. The standard InChI is InChI=1S/C20H27N9O2.ClH/c1-5-6-7-23-19-18-15(24-20(25-19)26-28-21)12-29(27-18)11-14-16(30-3)8-13(10-22-2)9-17(14)31-4;/h8-9,12,22H,5-7,10-11H2,1-4H3,(H,23,24,25);1H. The van der Waals surface area contributed by atoms with E-state index in [1.54, 1.807) is 25.1 Å². The summed E-state index contributed by atoms with van der Waals surface area (Å²) in [7, 11) is 5.16. The molecule has 11 nitrogen and oxygen atoms in total. The summed E-state index contributed by atoms with van der Waals surface area (Å²) in [5.41, 5.74) is 11.9. The maximum Gasteiger partial charge on any atom is 0.219 e. The van der Waals surface area contributed by atoms with Gasteiger partial charge in [0.2, 0.25) is 5.95 Å². The van der Waals surface area contributed by atoms with Gasteiger partial charge in [0.1, 0.15) is 17.0 Å². The summed E-state index contributed by atoms with van der Waals surface area (Å²) in [6.45, 7) is 3.96. The number of unbranched alkanes of at least 4 members (excludes halogenated alkanes) is 1. The monoisotopic (exact) mass is 461 g/mol. The van der Waals surface area contributed by atoms with Gasteiger partial charge in [-0.2, -0.15) is 5.10 Å². The van der Waals surface area contributed by atoms with Crippen molar-refractivity contribution in [3.8, 4) is 11.5 Å². The maximum atomic E-state index is 8.78. The molecule has 0 spiro atoms. The number of nitrogens with one attached hydrogen (secondary N) is 2. The summed E-state index contributed by atoms with van der Waals surface area (Å²) < 4.78 is 13.0. The van der Waals surface area contributed by atoms with Crippen molar-refractivity contribution in [2.45, 2.75) is 32.9 Å². The van der Waals surface area contributed by atoms with Crippen molar-refractivity contribution in [3.63, 3.8) is 0 Å². The lowest BCUT2D eigenvalue weighted by Crippen LogP contribution is -2.09. The number of anilines is 1. The van der Waals surface area contributed by atoms with E-state index in [-0.39, 0.29) is 18.4 Å². The molecule has 0 aliphatic rings. The lowest BCUT2D eigenvalue weighted by Gasteiger charge is -2.15. The van der Waals surface area contributed by atoms with Crippen LogP contribution >= 0.6 is 12.4 Å². The molecule has 0 aliphatic heterocycles. The minimum atomic E-state index is 0. The highest BCUT2D eigenvalue weighted by atomic mass is 35.5. The third-order valence-electron chi connectivity index (χ3n) is 4.72. The number of methoxy groups -OCH3 is 2. The van der Waals surface area contributed by atoms with Crippen molar-refractivity contribution in [3.05, 3.63) is 39.9 Å². The molecule has 12 heteroatoms. The van der Waals surface area contributed by atoms with Crippen LogP contribution in [0.1, 0.15) is 30.9 Å². The van der Waals surface area contributed by atoms with Gasteiger partial charge >= 0.3 is 0 Å². The van der Waals surface area contributed by atoms with E-state index in [1.165, 1.54) is 0 Å². The third kappa shape index (κ3) is 5.70. The lowest BCUT2D eigenvalue weighted by molar-refractivity contribution is 0.381. The number of azide groups is 1. The van der Waals surface area contributed by atoms with Crippen LogP contribution in [0.25, 0.3) is 21.5 Å². The van der Waals surface area contributed by atoms with Gasteiger partial charge in [-0.3, -0.25) is 4.68 Å². The Balaban J connectivity index is 0.00000363. The second-order valence-corrected chi connectivity index (χ2v) is 6.91. The van der Waals surface area contributed by atoms with Crippen LogP contribution in [0.3, 0.4) is 0 Å². The van der Waals surface area contributed by atoms with Crippen LogP contribution in [0.5, 0.6) is 11.5 Å². The van der Waals surface area contributed by atoms with E-state index in [2.05, 4.69) is 42.6 Å². The zero-order valence-corrected chi connectivity index (χ0v) is 19.4. The van der Waals surface area contributed by atoms with E-state index in [9.17, 15) is 0 Å². The third-order valence-corrected chi connectivity index (χ3v) is 4.72. The van der Waals surface area contributed by atoms with Crippen molar-refractivity contribution < 1.29 is 9.47 Å². The van der Waals surface area contributed by atoms with Gasteiger partial charge in [-0.1, -0.05) is 13.3 Å². The van der Waals surface area contributed by atoms with Crippen LogP contribution in [-0.2, 0) is 13.1 Å². The van der Waals surface area contributed by atoms with Gasteiger partial charge in [0.05, 0.1) is 32.5 Å². The van der Waals surface area contributed by atoms with Gasteiger partial charge < -0.3 is 20.1 Å². The number of nitrogens with zero attached hydrogens (tertiary/aromatic N) is 7. The summed E-state index contributed by atoms with van der Waals surface area (Å²) in [4.78, 5) is 11.4. The molecule has 0 radical (unpaired) electrons. The average molecular weight is 462 g/mol. The Hall–Kier alpha value is -3.27. The molecule has 172 valence electrons. The molecule has 0 unspecified atom stereocenters. The van der Waals surface area contributed by atoms with Crippen molar-refractivity contribution >= 4 is 35.2 Å². The van der Waals surface area contributed by atoms with Gasteiger partial charge in [-0.05, 0) is 41.8 Å². The Labute approximate surface area is 192 Å². The molecule has 0 saturated heterocycles. The predicted molar refractivity (Wildman–Crippen MR) is 126 cm³/mol. The highest BCUT2D eigenvalue weighted by molar-refractivity contribution is 5.86. The molecule has 2 heterocycles. The number of halogens is 1. The second-order valence-electron chi connectivity index (χ2n) is 6.91. The molecule has 0 fully saturated rings. The average Bonchev–Trinajstić information content (AvgIpc) is 3.17. The minimum absolute atomic E-state index is 0. The number of rotatable bonds is 11. The number of ether oxygens (including phenoxy) is 2. The van der Waals surface area contributed by atoms with Crippen LogP contribution in [0.4, 0.5) is 11.8 Å². The van der Waals surface area contributed by atoms with Crippen LogP contribution in [-0.4, -0.2) is 47.6 Å². The maximum absolute atomic E-state index is 8.78. The Morgan fingerprint density at radius 1 is 1.19 bits per heavy atom. The quantitative estimate of drug-likeness (QED) is 0.189. The highest BCUT2D eigenvalue weighted by Crippen LogP contribution is 2.32. The van der Waals surface area contributed by atoms with Gasteiger partial charge in [0, 0.05) is 18.0 Å². The highest BCUT2D eigenvalue weighted by Gasteiger charge is 2.16. The molecule has 0 saturated carbocycles. The van der Waals surface area contributed by atoms with E-state index >= 15 is 0 Å². The first-order valence-corrected chi connectivity index (χ1v) is 10.1. The van der Waals surface area contributed by atoms with Gasteiger partial charge in [-0.15, -0.1) is 12.4 Å². The second kappa shape index (κ2) is 11.9. The number of benzene rings is 1. The van der Waals surface area contributed by atoms with E-state index < -0.39 is 0 Å². The lowest BCUT2D eigenvalue weighted by atomic mass is 10.1. The first kappa shape index (κ1) is 25.0. The molecule has 2 aromatic heterocycles. The van der Waals surface area contributed by atoms with Crippen molar-refractivity contribution in [1.29, 1.82) is 0 Å². The van der Waals surface area contributed by atoms with Crippen LogP contribution in [0, 0.1) is 0 Å². The first-order chi connectivity index (χ1) is 15.1. The van der Waals surface area contributed by atoms with Gasteiger partial charge in [-0.25, -0.2) is 9.97 Å².